The normalized spacial score (nSPS) is 12.7. The minimum Gasteiger partial charge on any atom is -0.394 e. The molecule has 2 rings (SSSR count). The van der Waals surface area contributed by atoms with Gasteiger partial charge in [0.05, 0.1) is 19.3 Å². The quantitative estimate of drug-likeness (QED) is 0.861. The lowest BCUT2D eigenvalue weighted by Gasteiger charge is -2.11. The minimum atomic E-state index is -0.954. The van der Waals surface area contributed by atoms with Crippen molar-refractivity contribution in [1.82, 2.24) is 9.55 Å². The molecule has 0 spiro atoms. The highest BCUT2D eigenvalue weighted by Crippen LogP contribution is 2.20. The highest BCUT2D eigenvalue weighted by Gasteiger charge is 2.11. The highest BCUT2D eigenvalue weighted by atomic mass is 19.2. The first-order valence-electron chi connectivity index (χ1n) is 5.37. The second kappa shape index (κ2) is 5.24. The van der Waals surface area contributed by atoms with E-state index in [4.69, 9.17) is 5.11 Å². The van der Waals surface area contributed by atoms with Gasteiger partial charge in [0.25, 0.3) is 0 Å². The Labute approximate surface area is 102 Å². The van der Waals surface area contributed by atoms with Crippen molar-refractivity contribution >= 4 is 0 Å². The van der Waals surface area contributed by atoms with Crippen LogP contribution in [0.1, 0.15) is 0 Å². The lowest BCUT2D eigenvalue weighted by Crippen LogP contribution is -2.19. The monoisotopic (exact) mass is 254 g/mol. The van der Waals surface area contributed by atoms with Crippen LogP contribution in [0.15, 0.2) is 30.6 Å². The number of aliphatic hydroxyl groups is 2. The predicted molar refractivity (Wildman–Crippen MR) is 60.7 cm³/mol. The van der Waals surface area contributed by atoms with Crippen molar-refractivity contribution in [3.05, 3.63) is 42.2 Å². The molecule has 2 aromatic rings. The van der Waals surface area contributed by atoms with Gasteiger partial charge in [0.1, 0.15) is 5.82 Å². The Morgan fingerprint density at radius 2 is 2.06 bits per heavy atom. The molecule has 0 amide bonds. The number of imidazole rings is 1. The molecule has 96 valence electrons. The summed E-state index contributed by atoms with van der Waals surface area (Å²) in [6.45, 7) is -0.250. The molecule has 1 aromatic carbocycles. The number of rotatable bonds is 4. The fourth-order valence-electron chi connectivity index (χ4n) is 1.64. The molecule has 0 aliphatic rings. The third-order valence-electron chi connectivity index (χ3n) is 2.51. The van der Waals surface area contributed by atoms with Gasteiger partial charge in [-0.15, -0.1) is 0 Å². The van der Waals surface area contributed by atoms with Gasteiger partial charge in [-0.05, 0) is 18.2 Å². The molecule has 0 bridgehead atoms. The smallest absolute Gasteiger partial charge is 0.159 e. The second-order valence-corrected chi connectivity index (χ2v) is 3.87. The molecule has 0 saturated heterocycles. The zero-order chi connectivity index (χ0) is 13.1. The molecule has 0 aliphatic heterocycles. The van der Waals surface area contributed by atoms with E-state index in [9.17, 15) is 13.9 Å². The Hall–Kier alpha value is -1.79. The van der Waals surface area contributed by atoms with E-state index < -0.39 is 17.7 Å². The predicted octanol–water partition coefficient (Wildman–Crippen LogP) is 1.18. The van der Waals surface area contributed by atoms with Crippen molar-refractivity contribution < 1.29 is 19.0 Å². The van der Waals surface area contributed by atoms with Crippen LogP contribution < -0.4 is 0 Å². The summed E-state index contributed by atoms with van der Waals surface area (Å²) in [5.74, 6) is -1.47. The molecule has 0 saturated carbocycles. The Balaban J connectivity index is 2.33. The molecule has 1 atom stereocenters. The van der Waals surface area contributed by atoms with E-state index in [-0.39, 0.29) is 13.2 Å². The Bertz CT molecular complexity index is 543. The number of aliphatic hydroxyl groups excluding tert-OH is 2. The molecule has 0 fully saturated rings. The van der Waals surface area contributed by atoms with Crippen LogP contribution in [-0.4, -0.2) is 32.5 Å². The van der Waals surface area contributed by atoms with Gasteiger partial charge in [-0.1, -0.05) is 0 Å². The number of hydrogen-bond acceptors (Lipinski definition) is 3. The summed E-state index contributed by atoms with van der Waals surface area (Å²) in [7, 11) is 0. The van der Waals surface area contributed by atoms with Crippen LogP contribution in [0.2, 0.25) is 0 Å². The van der Waals surface area contributed by atoms with E-state index in [0.29, 0.717) is 11.4 Å². The van der Waals surface area contributed by atoms with E-state index in [1.807, 2.05) is 0 Å². The maximum absolute atomic E-state index is 13.1. The van der Waals surface area contributed by atoms with Crippen molar-refractivity contribution in [2.24, 2.45) is 0 Å². The van der Waals surface area contributed by atoms with Crippen LogP contribution in [0, 0.1) is 11.6 Å². The van der Waals surface area contributed by atoms with Crippen molar-refractivity contribution in [2.75, 3.05) is 6.61 Å². The molecule has 1 heterocycles. The molecule has 2 N–H and O–H groups in total. The van der Waals surface area contributed by atoms with Crippen LogP contribution in [0.3, 0.4) is 0 Å². The standard InChI is InChI=1S/C12H12F2N2O2/c13-10-2-1-8(5-11(10)14)12-15-3-4-16(12)6-9(18)7-17/h1-5,9,17-18H,6-7H2. The first kappa shape index (κ1) is 12.7. The third-order valence-corrected chi connectivity index (χ3v) is 2.51. The SMILES string of the molecule is OCC(O)Cn1ccnc1-c1ccc(F)c(F)c1. The third kappa shape index (κ3) is 2.55. The van der Waals surface area contributed by atoms with Crippen molar-refractivity contribution in [3.63, 3.8) is 0 Å². The Morgan fingerprint density at radius 1 is 1.28 bits per heavy atom. The fraction of sp³-hybridized carbons (Fsp3) is 0.250. The van der Waals surface area contributed by atoms with Gasteiger partial charge in [0.2, 0.25) is 0 Å². The van der Waals surface area contributed by atoms with Crippen LogP contribution in [0.4, 0.5) is 8.78 Å². The number of aromatic nitrogens is 2. The maximum Gasteiger partial charge on any atom is 0.159 e. The summed E-state index contributed by atoms with van der Waals surface area (Å²) in [5, 5.41) is 18.1. The number of halogens is 2. The number of nitrogens with zero attached hydrogens (tertiary/aromatic N) is 2. The van der Waals surface area contributed by atoms with Gasteiger partial charge in [-0.2, -0.15) is 0 Å². The second-order valence-electron chi connectivity index (χ2n) is 3.87. The first-order chi connectivity index (χ1) is 8.61. The largest absolute Gasteiger partial charge is 0.394 e. The molecule has 1 unspecified atom stereocenters. The van der Waals surface area contributed by atoms with Gasteiger partial charge < -0.3 is 14.8 Å². The van der Waals surface area contributed by atoms with Gasteiger partial charge in [-0.25, -0.2) is 13.8 Å². The molecule has 1 aromatic heterocycles. The lowest BCUT2D eigenvalue weighted by atomic mass is 10.2. The van der Waals surface area contributed by atoms with Gasteiger partial charge >= 0.3 is 0 Å². The summed E-state index contributed by atoms with van der Waals surface area (Å²) < 4.78 is 27.5. The molecule has 4 nitrogen and oxygen atoms in total. The Kier molecular flexibility index (Phi) is 3.69. The molecular formula is C12H12F2N2O2. The molecule has 0 aliphatic carbocycles. The number of benzene rings is 1. The summed E-state index contributed by atoms with van der Waals surface area (Å²) in [6, 6.07) is 3.47. The average molecular weight is 254 g/mol. The minimum absolute atomic E-state index is 0.130. The van der Waals surface area contributed by atoms with Gasteiger partial charge in [-0.3, -0.25) is 0 Å². The van der Waals surface area contributed by atoms with Gasteiger partial charge in [0, 0.05) is 18.0 Å². The van der Waals surface area contributed by atoms with E-state index in [0.717, 1.165) is 12.1 Å². The van der Waals surface area contributed by atoms with Gasteiger partial charge in [0.15, 0.2) is 11.6 Å². The highest BCUT2D eigenvalue weighted by molar-refractivity contribution is 5.55. The van der Waals surface area contributed by atoms with E-state index in [1.54, 1.807) is 10.8 Å². The van der Waals surface area contributed by atoms with E-state index >= 15 is 0 Å². The number of hydrogen-bond donors (Lipinski definition) is 2. The molecular weight excluding hydrogens is 242 g/mol. The zero-order valence-corrected chi connectivity index (χ0v) is 9.42. The van der Waals surface area contributed by atoms with Crippen molar-refractivity contribution in [1.29, 1.82) is 0 Å². The fourth-order valence-corrected chi connectivity index (χ4v) is 1.64. The van der Waals surface area contributed by atoms with Crippen LogP contribution in [-0.2, 0) is 6.54 Å². The van der Waals surface area contributed by atoms with Crippen LogP contribution in [0.25, 0.3) is 11.4 Å². The Morgan fingerprint density at radius 3 is 2.72 bits per heavy atom. The van der Waals surface area contributed by atoms with E-state index in [2.05, 4.69) is 4.98 Å². The van der Waals surface area contributed by atoms with E-state index in [1.165, 1.54) is 12.3 Å². The molecule has 6 heteroatoms. The lowest BCUT2D eigenvalue weighted by molar-refractivity contribution is 0.0816. The average Bonchev–Trinajstić information content (AvgIpc) is 2.80. The summed E-state index contributed by atoms with van der Waals surface area (Å²) in [6.07, 6.45) is 2.15. The van der Waals surface area contributed by atoms with Crippen molar-refractivity contribution in [3.8, 4) is 11.4 Å². The first-order valence-corrected chi connectivity index (χ1v) is 5.37. The van der Waals surface area contributed by atoms with Crippen molar-refractivity contribution in [2.45, 2.75) is 12.6 Å². The molecule has 18 heavy (non-hydrogen) atoms. The summed E-state index contributed by atoms with van der Waals surface area (Å²) in [5.41, 5.74) is 0.407. The zero-order valence-electron chi connectivity index (χ0n) is 9.42. The molecule has 0 radical (unpaired) electrons. The summed E-state index contributed by atoms with van der Waals surface area (Å²) >= 11 is 0. The topological polar surface area (TPSA) is 58.3 Å². The maximum atomic E-state index is 13.1. The van der Waals surface area contributed by atoms with Crippen LogP contribution >= 0.6 is 0 Å². The summed E-state index contributed by atoms with van der Waals surface area (Å²) in [4.78, 5) is 4.03. The van der Waals surface area contributed by atoms with Crippen LogP contribution in [0.5, 0.6) is 0 Å².